The van der Waals surface area contributed by atoms with Crippen LogP contribution in [0.5, 0.6) is 0 Å². The van der Waals surface area contributed by atoms with Crippen LogP contribution in [0.25, 0.3) is 0 Å². The summed E-state index contributed by atoms with van der Waals surface area (Å²) in [5, 5.41) is 0. The average Bonchev–Trinajstić information content (AvgIpc) is 2.25. The standard InChI is InChI=1S/C9H15N3O3/c10-9(14)12-4-2-11(3-5-12)8-15-7-1-6-13/h1H,2-5,7-8H2,(H2,10,14). The van der Waals surface area contributed by atoms with Gasteiger partial charge >= 0.3 is 6.03 Å². The molecule has 0 spiro atoms. The minimum Gasteiger partial charge on any atom is -0.361 e. The molecule has 0 aromatic carbocycles. The van der Waals surface area contributed by atoms with Gasteiger partial charge in [0.05, 0.1) is 13.3 Å². The Morgan fingerprint density at radius 1 is 1.40 bits per heavy atom. The van der Waals surface area contributed by atoms with Crippen LogP contribution in [0.15, 0.2) is 6.08 Å². The molecule has 0 unspecified atom stereocenters. The average molecular weight is 213 g/mol. The summed E-state index contributed by atoms with van der Waals surface area (Å²) in [5.41, 5.74) is 5.14. The van der Waals surface area contributed by atoms with Crippen molar-refractivity contribution in [2.75, 3.05) is 39.5 Å². The number of piperazine rings is 1. The van der Waals surface area contributed by atoms with E-state index in [1.165, 1.54) is 6.08 Å². The zero-order valence-electron chi connectivity index (χ0n) is 8.52. The highest BCUT2D eigenvalue weighted by Crippen LogP contribution is 2.00. The van der Waals surface area contributed by atoms with Gasteiger partial charge in [0.15, 0.2) is 0 Å². The number of ether oxygens (including phenoxy) is 1. The van der Waals surface area contributed by atoms with Crippen LogP contribution in [0.3, 0.4) is 0 Å². The first-order valence-corrected chi connectivity index (χ1v) is 4.78. The number of urea groups is 1. The van der Waals surface area contributed by atoms with Crippen molar-refractivity contribution in [3.8, 4) is 0 Å². The molecule has 0 saturated carbocycles. The lowest BCUT2D eigenvalue weighted by atomic mass is 10.3. The number of nitrogens with two attached hydrogens (primary N) is 1. The maximum absolute atomic E-state index is 10.8. The Bertz CT molecular complexity index is 253. The normalized spacial score (nSPS) is 17.2. The van der Waals surface area contributed by atoms with Gasteiger partial charge in [-0.2, -0.15) is 0 Å². The molecule has 6 heteroatoms. The highest BCUT2D eigenvalue weighted by atomic mass is 16.5. The Labute approximate surface area is 88.3 Å². The molecule has 1 rings (SSSR count). The van der Waals surface area contributed by atoms with Crippen LogP contribution in [0.2, 0.25) is 0 Å². The van der Waals surface area contributed by atoms with Gasteiger partial charge in [-0.3, -0.25) is 4.90 Å². The van der Waals surface area contributed by atoms with Gasteiger partial charge in [0.2, 0.25) is 0 Å². The third kappa shape index (κ3) is 4.12. The molecule has 1 aliphatic heterocycles. The van der Waals surface area contributed by atoms with Gasteiger partial charge in [-0.25, -0.2) is 9.59 Å². The fraction of sp³-hybridized carbons (Fsp3) is 0.667. The van der Waals surface area contributed by atoms with E-state index in [-0.39, 0.29) is 12.6 Å². The molecule has 0 bridgehead atoms. The molecule has 0 atom stereocenters. The van der Waals surface area contributed by atoms with Gasteiger partial charge < -0.3 is 15.4 Å². The second-order valence-electron chi connectivity index (χ2n) is 3.27. The summed E-state index contributed by atoms with van der Waals surface area (Å²) in [6.07, 6.45) is 1.29. The highest BCUT2D eigenvalue weighted by molar-refractivity contribution is 5.72. The van der Waals surface area contributed by atoms with E-state index < -0.39 is 0 Å². The summed E-state index contributed by atoms with van der Waals surface area (Å²) < 4.78 is 5.18. The van der Waals surface area contributed by atoms with E-state index in [1.54, 1.807) is 10.8 Å². The second kappa shape index (κ2) is 6.19. The predicted octanol–water partition coefficient (Wildman–Crippen LogP) is -0.955. The van der Waals surface area contributed by atoms with Gasteiger partial charge in [0.1, 0.15) is 5.94 Å². The molecule has 6 nitrogen and oxygen atoms in total. The maximum Gasteiger partial charge on any atom is 0.314 e. The van der Waals surface area contributed by atoms with Crippen molar-refractivity contribution >= 4 is 12.0 Å². The number of nitrogens with zero attached hydrogens (tertiary/aromatic N) is 2. The molecule has 0 aromatic rings. The molecule has 84 valence electrons. The number of carbonyl (C=O) groups is 1. The Morgan fingerprint density at radius 2 is 2.07 bits per heavy atom. The third-order valence-corrected chi connectivity index (χ3v) is 2.24. The summed E-state index contributed by atoms with van der Waals surface area (Å²) in [4.78, 5) is 24.3. The Kier molecular flexibility index (Phi) is 4.83. The molecule has 0 aromatic heterocycles. The fourth-order valence-electron chi connectivity index (χ4n) is 1.37. The summed E-state index contributed by atoms with van der Waals surface area (Å²) in [5.74, 6) is 1.64. The summed E-state index contributed by atoms with van der Waals surface area (Å²) in [6.45, 7) is 3.48. The van der Waals surface area contributed by atoms with E-state index in [2.05, 4.69) is 4.90 Å². The van der Waals surface area contributed by atoms with Crippen molar-refractivity contribution in [3.63, 3.8) is 0 Å². The lowest BCUT2D eigenvalue weighted by Gasteiger charge is -2.33. The molecular weight excluding hydrogens is 198 g/mol. The zero-order chi connectivity index (χ0) is 11.1. The number of carbonyl (C=O) groups excluding carboxylic acids is 2. The molecular formula is C9H15N3O3. The number of hydrogen-bond acceptors (Lipinski definition) is 4. The van der Waals surface area contributed by atoms with E-state index >= 15 is 0 Å². The molecule has 1 fully saturated rings. The second-order valence-corrected chi connectivity index (χ2v) is 3.27. The van der Waals surface area contributed by atoms with Gasteiger partial charge in [-0.1, -0.05) is 0 Å². The molecule has 1 aliphatic rings. The summed E-state index contributed by atoms with van der Waals surface area (Å²) in [6, 6.07) is -0.376. The van der Waals surface area contributed by atoms with Crippen LogP contribution in [0.1, 0.15) is 0 Å². The lowest BCUT2D eigenvalue weighted by molar-refractivity contribution is 0.0208. The van der Waals surface area contributed by atoms with E-state index in [1.807, 2.05) is 0 Å². The minimum absolute atomic E-state index is 0.277. The molecule has 1 heterocycles. The van der Waals surface area contributed by atoms with E-state index in [0.29, 0.717) is 19.8 Å². The maximum atomic E-state index is 10.8. The molecule has 1 saturated heterocycles. The van der Waals surface area contributed by atoms with Crippen LogP contribution in [-0.2, 0) is 9.53 Å². The summed E-state index contributed by atoms with van der Waals surface area (Å²) >= 11 is 0. The smallest absolute Gasteiger partial charge is 0.314 e. The predicted molar refractivity (Wildman–Crippen MR) is 53.8 cm³/mol. The van der Waals surface area contributed by atoms with Crippen LogP contribution in [-0.4, -0.2) is 61.3 Å². The van der Waals surface area contributed by atoms with Crippen molar-refractivity contribution in [3.05, 3.63) is 6.08 Å². The molecule has 0 aliphatic carbocycles. The fourth-order valence-corrected chi connectivity index (χ4v) is 1.37. The van der Waals surface area contributed by atoms with Crippen molar-refractivity contribution in [2.45, 2.75) is 0 Å². The minimum atomic E-state index is -0.376. The van der Waals surface area contributed by atoms with Crippen molar-refractivity contribution < 1.29 is 14.3 Å². The van der Waals surface area contributed by atoms with E-state index in [4.69, 9.17) is 10.5 Å². The monoisotopic (exact) mass is 213 g/mol. The van der Waals surface area contributed by atoms with Crippen LogP contribution < -0.4 is 5.73 Å². The van der Waals surface area contributed by atoms with E-state index in [9.17, 15) is 9.59 Å². The number of amides is 2. The van der Waals surface area contributed by atoms with Crippen molar-refractivity contribution in [2.24, 2.45) is 5.73 Å². The SMILES string of the molecule is NC(=O)N1CCN(COCC=C=O)CC1. The first kappa shape index (κ1) is 11.7. The Hall–Kier alpha value is -1.36. The first-order chi connectivity index (χ1) is 7.24. The zero-order valence-corrected chi connectivity index (χ0v) is 8.52. The van der Waals surface area contributed by atoms with Crippen molar-refractivity contribution in [1.82, 2.24) is 9.80 Å². The van der Waals surface area contributed by atoms with Crippen molar-refractivity contribution in [1.29, 1.82) is 0 Å². The molecule has 2 N–H and O–H groups in total. The molecule has 15 heavy (non-hydrogen) atoms. The van der Waals surface area contributed by atoms with Gasteiger partial charge in [-0.15, -0.1) is 0 Å². The number of hydrogen-bond donors (Lipinski definition) is 1. The Morgan fingerprint density at radius 3 is 2.60 bits per heavy atom. The molecule has 0 radical (unpaired) electrons. The topological polar surface area (TPSA) is 75.9 Å². The van der Waals surface area contributed by atoms with Crippen LogP contribution >= 0.6 is 0 Å². The number of rotatable bonds is 4. The highest BCUT2D eigenvalue weighted by Gasteiger charge is 2.18. The molecule has 2 amide bonds. The lowest BCUT2D eigenvalue weighted by Crippen LogP contribution is -2.50. The number of primary amides is 1. The first-order valence-electron chi connectivity index (χ1n) is 4.78. The third-order valence-electron chi connectivity index (χ3n) is 2.24. The van der Waals surface area contributed by atoms with Gasteiger partial charge in [0, 0.05) is 32.3 Å². The summed E-state index contributed by atoms with van der Waals surface area (Å²) in [7, 11) is 0. The van der Waals surface area contributed by atoms with Gasteiger partial charge in [0.25, 0.3) is 0 Å². The van der Waals surface area contributed by atoms with Gasteiger partial charge in [-0.05, 0) is 0 Å². The van der Waals surface area contributed by atoms with Crippen LogP contribution in [0.4, 0.5) is 4.79 Å². The van der Waals surface area contributed by atoms with E-state index in [0.717, 1.165) is 13.1 Å². The largest absolute Gasteiger partial charge is 0.361 e. The quantitative estimate of drug-likeness (QED) is 0.482. The Balaban J connectivity index is 2.14. The van der Waals surface area contributed by atoms with Crippen LogP contribution in [0, 0.1) is 0 Å².